The number of aromatic nitrogens is 2. The van der Waals surface area contributed by atoms with Crippen LogP contribution in [0.3, 0.4) is 0 Å². The first-order valence-corrected chi connectivity index (χ1v) is 4.61. The highest BCUT2D eigenvalue weighted by Gasteiger charge is 2.00. The molecule has 78 valence electrons. The van der Waals surface area contributed by atoms with Gasteiger partial charge in [0.15, 0.2) is 0 Å². The molecule has 0 aromatic carbocycles. The molecule has 0 fully saturated rings. The minimum absolute atomic E-state index is 0.592. The van der Waals surface area contributed by atoms with Crippen LogP contribution in [0.4, 0.5) is 11.5 Å². The number of pyridine rings is 1. The zero-order valence-corrected chi connectivity index (χ0v) is 8.40. The third-order valence-electron chi connectivity index (χ3n) is 1.91. The van der Waals surface area contributed by atoms with E-state index < -0.39 is 0 Å². The van der Waals surface area contributed by atoms with Gasteiger partial charge in [0.05, 0.1) is 18.4 Å². The molecule has 0 aliphatic rings. The van der Waals surface area contributed by atoms with Gasteiger partial charge in [-0.15, -0.1) is 0 Å². The molecule has 2 heterocycles. The van der Waals surface area contributed by atoms with Crippen molar-refractivity contribution in [3.8, 4) is 0 Å². The molecule has 2 rings (SSSR count). The Labute approximate surface area is 87.3 Å². The Morgan fingerprint density at radius 2 is 2.33 bits per heavy atom. The van der Waals surface area contributed by atoms with E-state index in [9.17, 15) is 0 Å². The highest BCUT2D eigenvalue weighted by atomic mass is 16.5. The number of nitrogens with zero attached hydrogens (tertiary/aromatic N) is 2. The fraction of sp³-hybridized carbons (Fsp3) is 0.200. The third-order valence-corrected chi connectivity index (χ3v) is 1.91. The maximum absolute atomic E-state index is 5.52. The minimum atomic E-state index is 0.592. The van der Waals surface area contributed by atoms with E-state index in [4.69, 9.17) is 10.3 Å². The van der Waals surface area contributed by atoms with Crippen molar-refractivity contribution in [2.24, 2.45) is 0 Å². The van der Waals surface area contributed by atoms with Gasteiger partial charge in [-0.05, 0) is 19.1 Å². The number of anilines is 2. The lowest BCUT2D eigenvalue weighted by Crippen LogP contribution is -2.01. The van der Waals surface area contributed by atoms with E-state index in [0.29, 0.717) is 12.2 Å². The molecule has 0 unspecified atom stereocenters. The smallest absolute Gasteiger partial charge is 0.133 e. The lowest BCUT2D eigenvalue weighted by Gasteiger charge is -2.02. The number of nitrogen functional groups attached to an aromatic ring is 1. The minimum Gasteiger partial charge on any atom is -0.397 e. The quantitative estimate of drug-likeness (QED) is 0.793. The van der Waals surface area contributed by atoms with Crippen LogP contribution < -0.4 is 11.1 Å². The van der Waals surface area contributed by atoms with Crippen molar-refractivity contribution in [1.82, 2.24) is 10.1 Å². The molecule has 0 saturated carbocycles. The Morgan fingerprint density at radius 3 is 2.93 bits per heavy atom. The summed E-state index contributed by atoms with van der Waals surface area (Å²) in [4.78, 5) is 4.11. The molecule has 0 atom stereocenters. The van der Waals surface area contributed by atoms with Crippen molar-refractivity contribution >= 4 is 11.5 Å². The summed E-state index contributed by atoms with van der Waals surface area (Å²) in [6.45, 7) is 2.45. The molecule has 2 aromatic rings. The maximum atomic E-state index is 5.52. The molecule has 0 aliphatic heterocycles. The molecule has 0 aliphatic carbocycles. The summed E-state index contributed by atoms with van der Waals surface area (Å²) < 4.78 is 4.94. The lowest BCUT2D eigenvalue weighted by atomic mass is 10.3. The van der Waals surface area contributed by atoms with Crippen LogP contribution in [-0.4, -0.2) is 10.1 Å². The molecule has 2 aromatic heterocycles. The summed E-state index contributed by atoms with van der Waals surface area (Å²) in [6, 6.07) is 5.50. The molecule has 0 radical (unpaired) electrons. The molecule has 0 spiro atoms. The topological polar surface area (TPSA) is 77.0 Å². The van der Waals surface area contributed by atoms with Crippen LogP contribution in [0.5, 0.6) is 0 Å². The number of nitrogens with one attached hydrogen (secondary N) is 1. The van der Waals surface area contributed by atoms with Gasteiger partial charge in [-0.25, -0.2) is 4.98 Å². The Balaban J connectivity index is 1.96. The fourth-order valence-electron chi connectivity index (χ4n) is 1.19. The van der Waals surface area contributed by atoms with Crippen LogP contribution >= 0.6 is 0 Å². The van der Waals surface area contributed by atoms with Gasteiger partial charge in [0.25, 0.3) is 0 Å². The maximum Gasteiger partial charge on any atom is 0.133 e. The predicted octanol–water partition coefficient (Wildman–Crippen LogP) is 1.57. The van der Waals surface area contributed by atoms with Crippen molar-refractivity contribution < 1.29 is 4.52 Å². The highest BCUT2D eigenvalue weighted by Crippen LogP contribution is 2.08. The standard InChI is InChI=1S/C10H12N4O/c1-7-4-9(14-15-7)6-13-10-3-2-8(11)5-12-10/h2-5H,6,11H2,1H3,(H,12,13). The molecule has 0 amide bonds. The summed E-state index contributed by atoms with van der Waals surface area (Å²) in [5.74, 6) is 1.57. The van der Waals surface area contributed by atoms with Gasteiger partial charge in [0.1, 0.15) is 17.3 Å². The Bertz CT molecular complexity index is 435. The monoisotopic (exact) mass is 204 g/mol. The molecule has 15 heavy (non-hydrogen) atoms. The first-order valence-electron chi connectivity index (χ1n) is 4.61. The van der Waals surface area contributed by atoms with E-state index in [-0.39, 0.29) is 0 Å². The van der Waals surface area contributed by atoms with Crippen LogP contribution in [0, 0.1) is 6.92 Å². The molecule has 3 N–H and O–H groups in total. The van der Waals surface area contributed by atoms with Crippen LogP contribution in [0.15, 0.2) is 28.9 Å². The van der Waals surface area contributed by atoms with Crippen molar-refractivity contribution in [2.45, 2.75) is 13.5 Å². The van der Waals surface area contributed by atoms with Gasteiger partial charge >= 0.3 is 0 Å². The molecule has 5 nitrogen and oxygen atoms in total. The van der Waals surface area contributed by atoms with Crippen molar-refractivity contribution in [2.75, 3.05) is 11.1 Å². The summed E-state index contributed by atoms with van der Waals surface area (Å²) >= 11 is 0. The zero-order valence-electron chi connectivity index (χ0n) is 8.40. The average molecular weight is 204 g/mol. The normalized spacial score (nSPS) is 10.2. The largest absolute Gasteiger partial charge is 0.397 e. The zero-order chi connectivity index (χ0) is 10.7. The summed E-state index contributed by atoms with van der Waals surface area (Å²) in [5.41, 5.74) is 7.02. The predicted molar refractivity (Wildman–Crippen MR) is 57.2 cm³/mol. The lowest BCUT2D eigenvalue weighted by molar-refractivity contribution is 0.391. The Hall–Kier alpha value is -2.04. The van der Waals surface area contributed by atoms with E-state index in [2.05, 4.69) is 15.5 Å². The first kappa shape index (κ1) is 9.51. The molecule has 0 saturated heterocycles. The van der Waals surface area contributed by atoms with Gasteiger partial charge in [-0.3, -0.25) is 0 Å². The Morgan fingerprint density at radius 1 is 1.47 bits per heavy atom. The summed E-state index contributed by atoms with van der Waals surface area (Å²) in [7, 11) is 0. The van der Waals surface area contributed by atoms with Crippen LogP contribution in [0.25, 0.3) is 0 Å². The number of aryl methyl sites for hydroxylation is 1. The number of hydrogen-bond donors (Lipinski definition) is 2. The van der Waals surface area contributed by atoms with Crippen molar-refractivity contribution in [3.05, 3.63) is 35.9 Å². The van der Waals surface area contributed by atoms with E-state index in [1.54, 1.807) is 12.3 Å². The van der Waals surface area contributed by atoms with Gasteiger partial charge in [0, 0.05) is 6.07 Å². The molecular formula is C10H12N4O. The number of rotatable bonds is 3. The van der Waals surface area contributed by atoms with E-state index in [1.165, 1.54) is 0 Å². The van der Waals surface area contributed by atoms with Gasteiger partial charge < -0.3 is 15.6 Å². The van der Waals surface area contributed by atoms with Gasteiger partial charge in [-0.1, -0.05) is 5.16 Å². The van der Waals surface area contributed by atoms with Gasteiger partial charge in [-0.2, -0.15) is 0 Å². The summed E-state index contributed by atoms with van der Waals surface area (Å²) in [5, 5.41) is 6.97. The highest BCUT2D eigenvalue weighted by molar-refractivity contribution is 5.43. The molecule has 0 bridgehead atoms. The van der Waals surface area contributed by atoms with Crippen LogP contribution in [0.2, 0.25) is 0 Å². The first-order chi connectivity index (χ1) is 7.24. The fourth-order valence-corrected chi connectivity index (χ4v) is 1.19. The second-order valence-electron chi connectivity index (χ2n) is 3.26. The SMILES string of the molecule is Cc1cc(CNc2ccc(N)cn2)no1. The summed E-state index contributed by atoms with van der Waals surface area (Å²) in [6.07, 6.45) is 1.61. The third kappa shape index (κ3) is 2.46. The molecule has 5 heteroatoms. The Kier molecular flexibility index (Phi) is 2.53. The van der Waals surface area contributed by atoms with Crippen molar-refractivity contribution in [1.29, 1.82) is 0 Å². The molecular weight excluding hydrogens is 192 g/mol. The van der Waals surface area contributed by atoms with E-state index in [1.807, 2.05) is 19.1 Å². The average Bonchev–Trinajstić information content (AvgIpc) is 2.64. The second kappa shape index (κ2) is 4.00. The van der Waals surface area contributed by atoms with E-state index in [0.717, 1.165) is 17.3 Å². The van der Waals surface area contributed by atoms with Crippen molar-refractivity contribution in [3.63, 3.8) is 0 Å². The van der Waals surface area contributed by atoms with E-state index >= 15 is 0 Å². The number of hydrogen-bond acceptors (Lipinski definition) is 5. The van der Waals surface area contributed by atoms with Gasteiger partial charge in [0.2, 0.25) is 0 Å². The number of nitrogens with two attached hydrogens (primary N) is 1. The second-order valence-corrected chi connectivity index (χ2v) is 3.26. The van der Waals surface area contributed by atoms with Crippen LogP contribution in [-0.2, 0) is 6.54 Å². The van der Waals surface area contributed by atoms with Crippen LogP contribution in [0.1, 0.15) is 11.5 Å².